The van der Waals surface area contributed by atoms with E-state index in [-0.39, 0.29) is 5.56 Å². The van der Waals surface area contributed by atoms with Crippen molar-refractivity contribution in [3.63, 3.8) is 0 Å². The molecule has 0 atom stereocenters. The predicted octanol–water partition coefficient (Wildman–Crippen LogP) is 4.03. The molecule has 3 rings (SSSR count). The quantitative estimate of drug-likeness (QED) is 0.773. The molecule has 0 aliphatic heterocycles. The van der Waals surface area contributed by atoms with Crippen LogP contribution in [0.15, 0.2) is 72.9 Å². The Balaban J connectivity index is 1.72. The average molecular weight is 305 g/mol. The summed E-state index contributed by atoms with van der Waals surface area (Å²) >= 11 is 0. The monoisotopic (exact) mass is 305 g/mol. The van der Waals surface area contributed by atoms with Crippen molar-refractivity contribution in [2.45, 2.75) is 6.61 Å². The van der Waals surface area contributed by atoms with Crippen LogP contribution in [-0.4, -0.2) is 16.1 Å². The van der Waals surface area contributed by atoms with E-state index in [1.165, 1.54) is 0 Å². The minimum Gasteiger partial charge on any atom is -0.478 e. The van der Waals surface area contributed by atoms with Crippen LogP contribution in [0.25, 0.3) is 11.1 Å². The molecule has 0 bridgehead atoms. The Morgan fingerprint density at radius 1 is 0.957 bits per heavy atom. The molecule has 0 amide bonds. The first-order valence-corrected chi connectivity index (χ1v) is 7.19. The molecule has 0 unspecified atom stereocenters. The first-order valence-electron chi connectivity index (χ1n) is 7.19. The third kappa shape index (κ3) is 3.74. The molecule has 0 saturated heterocycles. The van der Waals surface area contributed by atoms with Crippen LogP contribution < -0.4 is 4.74 Å². The van der Waals surface area contributed by atoms with Gasteiger partial charge in [-0.3, -0.25) is 0 Å². The summed E-state index contributed by atoms with van der Waals surface area (Å²) in [6.45, 7) is 0.460. The smallest absolute Gasteiger partial charge is 0.335 e. The Labute approximate surface area is 134 Å². The number of carbonyl (C=O) groups is 1. The van der Waals surface area contributed by atoms with Crippen molar-refractivity contribution in [3.8, 4) is 17.0 Å². The van der Waals surface area contributed by atoms with E-state index in [2.05, 4.69) is 4.98 Å². The number of pyridine rings is 1. The lowest BCUT2D eigenvalue weighted by Crippen LogP contribution is -1.97. The molecule has 2 aromatic carbocycles. The minimum absolute atomic E-state index is 0.256. The van der Waals surface area contributed by atoms with Crippen LogP contribution in [0.2, 0.25) is 0 Å². The molecule has 0 spiro atoms. The van der Waals surface area contributed by atoms with Crippen molar-refractivity contribution in [2.75, 3.05) is 0 Å². The van der Waals surface area contributed by atoms with Gasteiger partial charge in [0.05, 0.1) is 5.56 Å². The van der Waals surface area contributed by atoms with Crippen LogP contribution in [-0.2, 0) is 6.61 Å². The summed E-state index contributed by atoms with van der Waals surface area (Å²) < 4.78 is 5.64. The highest BCUT2D eigenvalue weighted by molar-refractivity contribution is 5.89. The summed E-state index contributed by atoms with van der Waals surface area (Å²) in [4.78, 5) is 15.3. The highest BCUT2D eigenvalue weighted by Gasteiger charge is 2.05. The molecule has 4 nitrogen and oxygen atoms in total. The molecular formula is C19H15NO3. The Morgan fingerprint density at radius 3 is 2.48 bits per heavy atom. The number of carboxylic acids is 1. The third-order valence-corrected chi connectivity index (χ3v) is 3.41. The van der Waals surface area contributed by atoms with Gasteiger partial charge < -0.3 is 9.84 Å². The molecule has 0 aliphatic rings. The van der Waals surface area contributed by atoms with Crippen molar-refractivity contribution in [2.24, 2.45) is 0 Å². The van der Waals surface area contributed by atoms with Gasteiger partial charge in [-0.1, -0.05) is 42.5 Å². The largest absolute Gasteiger partial charge is 0.478 e. The first kappa shape index (κ1) is 14.8. The van der Waals surface area contributed by atoms with Gasteiger partial charge in [-0.25, -0.2) is 9.78 Å². The summed E-state index contributed by atoms with van der Waals surface area (Å²) in [5.74, 6) is -0.408. The van der Waals surface area contributed by atoms with Gasteiger partial charge in [0.2, 0.25) is 5.88 Å². The lowest BCUT2D eigenvalue weighted by Gasteiger charge is -2.07. The molecule has 0 aliphatic carbocycles. The fourth-order valence-corrected chi connectivity index (χ4v) is 2.20. The third-order valence-electron chi connectivity index (χ3n) is 3.41. The Bertz CT molecular complexity index is 798. The molecule has 1 aromatic heterocycles. The summed E-state index contributed by atoms with van der Waals surface area (Å²) in [5, 5.41) is 9.04. The molecule has 0 saturated carbocycles. The summed E-state index contributed by atoms with van der Waals surface area (Å²) in [5.41, 5.74) is 2.99. The van der Waals surface area contributed by atoms with E-state index < -0.39 is 5.97 Å². The van der Waals surface area contributed by atoms with Gasteiger partial charge >= 0.3 is 5.97 Å². The summed E-state index contributed by atoms with van der Waals surface area (Å²) in [6.07, 6.45) is 1.68. The molecule has 0 fully saturated rings. The highest BCUT2D eigenvalue weighted by atomic mass is 16.5. The predicted molar refractivity (Wildman–Crippen MR) is 87.4 cm³/mol. The second-order valence-electron chi connectivity index (χ2n) is 5.05. The molecule has 0 radical (unpaired) electrons. The SMILES string of the molecule is O=C(O)c1cccc(-c2ccc(OCc3ccccc3)nc2)c1. The van der Waals surface area contributed by atoms with E-state index >= 15 is 0 Å². The first-order chi connectivity index (χ1) is 11.2. The number of aromatic nitrogens is 1. The van der Waals surface area contributed by atoms with Crippen LogP contribution in [0.4, 0.5) is 0 Å². The van der Waals surface area contributed by atoms with E-state index in [0.29, 0.717) is 12.5 Å². The normalized spacial score (nSPS) is 10.3. The lowest BCUT2D eigenvalue weighted by molar-refractivity contribution is 0.0697. The maximum atomic E-state index is 11.0. The fraction of sp³-hybridized carbons (Fsp3) is 0.0526. The zero-order valence-electron chi connectivity index (χ0n) is 12.3. The molecule has 3 aromatic rings. The van der Waals surface area contributed by atoms with Crippen molar-refractivity contribution >= 4 is 5.97 Å². The number of nitrogens with zero attached hydrogens (tertiary/aromatic N) is 1. The van der Waals surface area contributed by atoms with E-state index in [1.54, 1.807) is 30.5 Å². The van der Waals surface area contributed by atoms with Gasteiger partial charge in [-0.2, -0.15) is 0 Å². The Kier molecular flexibility index (Phi) is 4.34. The maximum absolute atomic E-state index is 11.0. The maximum Gasteiger partial charge on any atom is 0.335 e. The average Bonchev–Trinajstić information content (AvgIpc) is 2.61. The van der Waals surface area contributed by atoms with Gasteiger partial charge in [-0.15, -0.1) is 0 Å². The number of benzene rings is 2. The molecular weight excluding hydrogens is 290 g/mol. The molecule has 23 heavy (non-hydrogen) atoms. The van der Waals surface area contributed by atoms with Crippen molar-refractivity contribution in [3.05, 3.63) is 84.1 Å². The van der Waals surface area contributed by atoms with E-state index in [1.807, 2.05) is 42.5 Å². The number of aromatic carboxylic acids is 1. The second kappa shape index (κ2) is 6.75. The van der Waals surface area contributed by atoms with Crippen LogP contribution >= 0.6 is 0 Å². The standard InChI is InChI=1S/C19H15NO3/c21-19(22)16-8-4-7-15(11-16)17-9-10-18(20-12-17)23-13-14-5-2-1-3-6-14/h1-12H,13H2,(H,21,22). The van der Waals surface area contributed by atoms with Gasteiger partial charge in [0.25, 0.3) is 0 Å². The van der Waals surface area contributed by atoms with Gasteiger partial charge in [0.15, 0.2) is 0 Å². The van der Waals surface area contributed by atoms with Crippen molar-refractivity contribution in [1.29, 1.82) is 0 Å². The van der Waals surface area contributed by atoms with Crippen molar-refractivity contribution < 1.29 is 14.6 Å². The number of ether oxygens (including phenoxy) is 1. The minimum atomic E-state index is -0.942. The van der Waals surface area contributed by atoms with Gasteiger partial charge in [0, 0.05) is 17.8 Å². The Morgan fingerprint density at radius 2 is 1.78 bits per heavy atom. The number of carboxylic acid groups (broad SMARTS) is 1. The number of hydrogen-bond donors (Lipinski definition) is 1. The molecule has 1 heterocycles. The second-order valence-corrected chi connectivity index (χ2v) is 5.05. The zero-order valence-corrected chi connectivity index (χ0v) is 12.3. The van der Waals surface area contributed by atoms with Crippen LogP contribution in [0.5, 0.6) is 5.88 Å². The molecule has 1 N–H and O–H groups in total. The van der Waals surface area contributed by atoms with Gasteiger partial charge in [0.1, 0.15) is 6.61 Å². The van der Waals surface area contributed by atoms with Gasteiger partial charge in [-0.05, 0) is 29.3 Å². The zero-order chi connectivity index (χ0) is 16.1. The van der Waals surface area contributed by atoms with E-state index in [4.69, 9.17) is 9.84 Å². The lowest BCUT2D eigenvalue weighted by atomic mass is 10.1. The molecule has 4 heteroatoms. The number of rotatable bonds is 5. The fourth-order valence-electron chi connectivity index (χ4n) is 2.20. The van der Waals surface area contributed by atoms with Crippen LogP contribution in [0, 0.1) is 0 Å². The van der Waals surface area contributed by atoms with Crippen LogP contribution in [0.3, 0.4) is 0 Å². The van der Waals surface area contributed by atoms with E-state index in [0.717, 1.165) is 16.7 Å². The van der Waals surface area contributed by atoms with E-state index in [9.17, 15) is 4.79 Å². The highest BCUT2D eigenvalue weighted by Crippen LogP contribution is 2.21. The number of hydrogen-bond acceptors (Lipinski definition) is 3. The molecule has 114 valence electrons. The summed E-state index contributed by atoms with van der Waals surface area (Å²) in [6, 6.07) is 20.3. The topological polar surface area (TPSA) is 59.4 Å². The summed E-state index contributed by atoms with van der Waals surface area (Å²) in [7, 11) is 0. The van der Waals surface area contributed by atoms with Crippen molar-refractivity contribution in [1.82, 2.24) is 4.98 Å². The Hall–Kier alpha value is -3.14. The van der Waals surface area contributed by atoms with Crippen LogP contribution in [0.1, 0.15) is 15.9 Å².